The highest BCUT2D eigenvalue weighted by molar-refractivity contribution is 6.31. The van der Waals surface area contributed by atoms with Crippen molar-refractivity contribution in [3.8, 4) is 5.75 Å². The summed E-state index contributed by atoms with van der Waals surface area (Å²) in [6.07, 6.45) is 11.5. The van der Waals surface area contributed by atoms with Crippen molar-refractivity contribution in [2.24, 2.45) is 0 Å². The Balaban J connectivity index is 2.00. The molecule has 1 aromatic rings. The van der Waals surface area contributed by atoms with Gasteiger partial charge in [-0.2, -0.15) is 0 Å². The van der Waals surface area contributed by atoms with Crippen LogP contribution in [-0.4, -0.2) is 23.6 Å². The number of rotatable bonds is 10. The maximum atomic E-state index is 13.9. The van der Waals surface area contributed by atoms with Crippen molar-refractivity contribution in [3.63, 3.8) is 0 Å². The van der Waals surface area contributed by atoms with Gasteiger partial charge in [-0.25, -0.2) is 8.78 Å². The number of carboxylic acid groups (broad SMARTS) is 1. The number of alkyl halides is 2. The molecule has 1 aliphatic carbocycles. The molecule has 0 saturated heterocycles. The standard InChI is InChI=1S/C23H25ClF2O3/c1-2-3-4-5-6-7-8-18-14-23(25,26)15-19(18)16-29-20-11-9-17(21(24)13-20)10-12-22(27)28/h2-7,9,11,13H,8,10,12,14-16H2,1H3,(H,27,28)/b3-2-,5-4-,7-6+. The van der Waals surface area contributed by atoms with Gasteiger partial charge in [0.1, 0.15) is 12.4 Å². The Hall–Kier alpha value is -2.40. The van der Waals surface area contributed by atoms with Crippen LogP contribution >= 0.6 is 11.6 Å². The van der Waals surface area contributed by atoms with Crippen LogP contribution < -0.4 is 4.74 Å². The maximum absolute atomic E-state index is 13.9. The zero-order valence-corrected chi connectivity index (χ0v) is 17.1. The van der Waals surface area contributed by atoms with E-state index in [9.17, 15) is 13.6 Å². The van der Waals surface area contributed by atoms with E-state index in [-0.39, 0.29) is 25.9 Å². The molecule has 1 aliphatic rings. The molecule has 3 nitrogen and oxygen atoms in total. The number of aryl methyl sites for hydroxylation is 1. The predicted octanol–water partition coefficient (Wildman–Crippen LogP) is 6.54. The molecule has 0 saturated carbocycles. The van der Waals surface area contributed by atoms with Crippen LogP contribution in [0.5, 0.6) is 5.75 Å². The van der Waals surface area contributed by atoms with Crippen molar-refractivity contribution >= 4 is 17.6 Å². The number of aliphatic carboxylic acids is 1. The van der Waals surface area contributed by atoms with E-state index in [0.717, 1.165) is 0 Å². The van der Waals surface area contributed by atoms with Crippen LogP contribution in [0.3, 0.4) is 0 Å². The van der Waals surface area contributed by atoms with Crippen LogP contribution in [0.25, 0.3) is 0 Å². The summed E-state index contributed by atoms with van der Waals surface area (Å²) in [5.41, 5.74) is 2.03. The Morgan fingerprint density at radius 2 is 1.93 bits per heavy atom. The van der Waals surface area contributed by atoms with Crippen molar-refractivity contribution < 1.29 is 23.4 Å². The van der Waals surface area contributed by atoms with Gasteiger partial charge in [-0.3, -0.25) is 4.79 Å². The zero-order valence-electron chi connectivity index (χ0n) is 16.3. The largest absolute Gasteiger partial charge is 0.489 e. The van der Waals surface area contributed by atoms with Crippen LogP contribution in [0.4, 0.5) is 8.78 Å². The number of hydrogen-bond acceptors (Lipinski definition) is 2. The summed E-state index contributed by atoms with van der Waals surface area (Å²) < 4.78 is 33.5. The number of carboxylic acids is 1. The summed E-state index contributed by atoms with van der Waals surface area (Å²) in [6.45, 7) is 2.00. The lowest BCUT2D eigenvalue weighted by molar-refractivity contribution is -0.136. The molecule has 0 radical (unpaired) electrons. The topological polar surface area (TPSA) is 46.5 Å². The summed E-state index contributed by atoms with van der Waals surface area (Å²) >= 11 is 6.18. The van der Waals surface area contributed by atoms with Crippen molar-refractivity contribution in [2.75, 3.05) is 6.61 Å². The molecule has 0 aromatic heterocycles. The Kier molecular flexibility index (Phi) is 8.65. The highest BCUT2D eigenvalue weighted by Crippen LogP contribution is 2.41. The lowest BCUT2D eigenvalue weighted by atomic mass is 10.1. The molecular weight excluding hydrogens is 398 g/mol. The minimum Gasteiger partial charge on any atom is -0.489 e. The van der Waals surface area contributed by atoms with Gasteiger partial charge in [0.15, 0.2) is 0 Å². The molecular formula is C23H25ClF2O3. The van der Waals surface area contributed by atoms with Crippen LogP contribution in [0.1, 0.15) is 38.2 Å². The summed E-state index contributed by atoms with van der Waals surface area (Å²) in [6, 6.07) is 4.99. The first-order valence-corrected chi connectivity index (χ1v) is 9.83. The van der Waals surface area contributed by atoms with Crippen molar-refractivity contribution in [2.45, 2.75) is 45.0 Å². The maximum Gasteiger partial charge on any atom is 0.303 e. The van der Waals surface area contributed by atoms with E-state index < -0.39 is 11.9 Å². The van der Waals surface area contributed by atoms with Gasteiger partial charge in [0, 0.05) is 24.3 Å². The smallest absolute Gasteiger partial charge is 0.303 e. The van der Waals surface area contributed by atoms with Gasteiger partial charge in [-0.05, 0) is 43.0 Å². The zero-order chi connectivity index (χ0) is 21.3. The summed E-state index contributed by atoms with van der Waals surface area (Å²) in [7, 11) is 0. The first-order chi connectivity index (χ1) is 13.8. The number of hydrogen-bond donors (Lipinski definition) is 1. The van der Waals surface area contributed by atoms with Crippen LogP contribution in [0.2, 0.25) is 5.02 Å². The highest BCUT2D eigenvalue weighted by atomic mass is 35.5. The fraction of sp³-hybridized carbons (Fsp3) is 0.348. The normalized spacial score (nSPS) is 16.6. The fourth-order valence-electron chi connectivity index (χ4n) is 3.07. The highest BCUT2D eigenvalue weighted by Gasteiger charge is 2.38. The molecule has 156 valence electrons. The minimum absolute atomic E-state index is 0.0112. The van der Waals surface area contributed by atoms with Gasteiger partial charge in [-0.15, -0.1) is 0 Å². The quantitative estimate of drug-likeness (QED) is 0.344. The van der Waals surface area contributed by atoms with Crippen molar-refractivity contribution in [3.05, 3.63) is 76.4 Å². The van der Waals surface area contributed by atoms with Gasteiger partial charge in [0.05, 0.1) is 0 Å². The first kappa shape index (κ1) is 22.9. The Bertz CT molecular complexity index is 839. The molecule has 0 heterocycles. The molecule has 29 heavy (non-hydrogen) atoms. The van der Waals surface area contributed by atoms with Crippen LogP contribution in [0.15, 0.2) is 65.8 Å². The van der Waals surface area contributed by atoms with Crippen LogP contribution in [0, 0.1) is 0 Å². The average Bonchev–Trinajstić information content (AvgIpc) is 2.95. The SMILES string of the molecule is C\C=C/C=C\C=C\CC1=C(COc2ccc(CCC(=O)O)c(Cl)c2)CC(F)(F)C1. The van der Waals surface area contributed by atoms with Gasteiger partial charge in [0.25, 0.3) is 5.92 Å². The molecule has 0 spiro atoms. The molecule has 1 aromatic carbocycles. The summed E-state index contributed by atoms with van der Waals surface area (Å²) in [4.78, 5) is 10.7. The monoisotopic (exact) mass is 422 g/mol. The lowest BCUT2D eigenvalue weighted by Crippen LogP contribution is -2.11. The molecule has 6 heteroatoms. The van der Waals surface area contributed by atoms with E-state index in [1.807, 2.05) is 43.4 Å². The molecule has 0 atom stereocenters. The molecule has 0 aliphatic heterocycles. The van der Waals surface area contributed by atoms with Gasteiger partial charge >= 0.3 is 5.97 Å². The number of halogens is 3. The number of benzene rings is 1. The number of allylic oxidation sites excluding steroid dienone is 7. The Morgan fingerprint density at radius 1 is 1.21 bits per heavy atom. The van der Waals surface area contributed by atoms with Crippen molar-refractivity contribution in [1.82, 2.24) is 0 Å². The minimum atomic E-state index is -2.74. The van der Waals surface area contributed by atoms with E-state index in [1.165, 1.54) is 0 Å². The summed E-state index contributed by atoms with van der Waals surface area (Å²) in [5.74, 6) is -3.16. The van der Waals surface area contributed by atoms with E-state index in [0.29, 0.717) is 40.3 Å². The second kappa shape index (κ2) is 11.0. The lowest BCUT2D eigenvalue weighted by Gasteiger charge is -2.11. The van der Waals surface area contributed by atoms with Gasteiger partial charge in [-0.1, -0.05) is 59.7 Å². The summed E-state index contributed by atoms with van der Waals surface area (Å²) in [5, 5.41) is 9.17. The van der Waals surface area contributed by atoms with E-state index in [1.54, 1.807) is 18.2 Å². The average molecular weight is 423 g/mol. The third-order valence-corrected chi connectivity index (χ3v) is 4.87. The molecule has 2 rings (SSSR count). The second-order valence-electron chi connectivity index (χ2n) is 6.90. The fourth-order valence-corrected chi connectivity index (χ4v) is 3.33. The van der Waals surface area contributed by atoms with E-state index >= 15 is 0 Å². The number of ether oxygens (including phenoxy) is 1. The molecule has 0 unspecified atom stereocenters. The molecule has 0 bridgehead atoms. The van der Waals surface area contributed by atoms with Gasteiger partial charge < -0.3 is 9.84 Å². The predicted molar refractivity (Wildman–Crippen MR) is 112 cm³/mol. The Labute approximate surface area is 175 Å². The van der Waals surface area contributed by atoms with E-state index in [2.05, 4.69) is 0 Å². The third-order valence-electron chi connectivity index (χ3n) is 4.52. The Morgan fingerprint density at radius 3 is 2.62 bits per heavy atom. The van der Waals surface area contributed by atoms with Gasteiger partial charge in [0.2, 0.25) is 0 Å². The van der Waals surface area contributed by atoms with Crippen LogP contribution in [-0.2, 0) is 11.2 Å². The molecule has 0 fully saturated rings. The first-order valence-electron chi connectivity index (χ1n) is 9.46. The van der Waals surface area contributed by atoms with E-state index in [4.69, 9.17) is 21.4 Å². The van der Waals surface area contributed by atoms with Crippen molar-refractivity contribution in [1.29, 1.82) is 0 Å². The molecule has 1 N–H and O–H groups in total. The third kappa shape index (κ3) is 7.86. The second-order valence-corrected chi connectivity index (χ2v) is 7.30. The molecule has 0 amide bonds. The number of carbonyl (C=O) groups is 1.